The molecule has 0 atom stereocenters. The van der Waals surface area contributed by atoms with Gasteiger partial charge < -0.3 is 9.80 Å². The van der Waals surface area contributed by atoms with Crippen molar-refractivity contribution in [3.8, 4) is 0 Å². The molecule has 442 valence electrons. The van der Waals surface area contributed by atoms with Crippen LogP contribution in [0.4, 0.5) is 22.7 Å². The molecule has 0 amide bonds. The van der Waals surface area contributed by atoms with Crippen LogP contribution in [0.3, 0.4) is 0 Å². The van der Waals surface area contributed by atoms with Gasteiger partial charge in [-0.05, 0) is 150 Å². The fourth-order valence-corrected chi connectivity index (χ4v) is 15.5. The number of anilines is 2. The molecule has 0 N–H and O–H groups in total. The van der Waals surface area contributed by atoms with Crippen molar-refractivity contribution < 1.29 is 9.15 Å². The first-order valence-electron chi connectivity index (χ1n) is 32.7. The van der Waals surface area contributed by atoms with Crippen molar-refractivity contribution in [3.63, 3.8) is 0 Å². The van der Waals surface area contributed by atoms with Crippen molar-refractivity contribution in [2.24, 2.45) is 0 Å². The first-order chi connectivity index (χ1) is 40.5. The number of benzene rings is 4. The molecule has 2 aliphatic carbocycles. The van der Waals surface area contributed by atoms with Crippen LogP contribution in [-0.4, -0.2) is 46.8 Å². The summed E-state index contributed by atoms with van der Waals surface area (Å²) in [6.07, 6.45) is 39.9. The number of fused-ring (bicyclic) bond motifs is 4. The Bertz CT molecular complexity index is 3180. The molecule has 0 bridgehead atoms. The van der Waals surface area contributed by atoms with Gasteiger partial charge >= 0.3 is 0 Å². The third-order valence-electron chi connectivity index (χ3n) is 19.9. The molecule has 0 saturated heterocycles. The third-order valence-corrected chi connectivity index (χ3v) is 20.8. The van der Waals surface area contributed by atoms with Crippen molar-refractivity contribution in [2.45, 2.75) is 206 Å². The Balaban J connectivity index is 0.755. The number of para-hydroxylation sites is 4. The number of rotatable bonds is 23. The largest absolute Gasteiger partial charge is 0.344 e. The summed E-state index contributed by atoms with van der Waals surface area (Å²) in [5, 5.41) is 1.87. The normalized spacial score (nSPS) is 21.5. The van der Waals surface area contributed by atoms with Gasteiger partial charge in [0, 0.05) is 105 Å². The SMILES string of the molecule is CCCCN1/C(=C\C=C2\CCCC(/C=C/C3=[N+](CCCCCCCCCC[N+]4=C(/C=C/C5=C(Cl)C(=C/C=C6/N(CCCC)c7ccccc7C6(C)C)/CCC5)C(C)(C)c5ccccc54)c4ccccc4C3(C)C)=C2Cl)C(C)(C)c2ccccc21. The van der Waals surface area contributed by atoms with Crippen LogP contribution in [0.2, 0.25) is 0 Å². The predicted molar refractivity (Wildman–Crippen MR) is 363 cm³/mol. The molecule has 84 heavy (non-hydrogen) atoms. The van der Waals surface area contributed by atoms with Gasteiger partial charge in [-0.1, -0.05) is 200 Å². The van der Waals surface area contributed by atoms with Crippen LogP contribution in [0.15, 0.2) is 189 Å². The molecular weight excluding hydrogens is 1060 g/mol. The summed E-state index contributed by atoms with van der Waals surface area (Å²) < 4.78 is 5.25. The quantitative estimate of drug-likeness (QED) is 0.0542. The second kappa shape index (κ2) is 26.5. The molecule has 4 aromatic carbocycles. The van der Waals surface area contributed by atoms with E-state index in [1.54, 1.807) is 0 Å². The van der Waals surface area contributed by atoms with E-state index in [1.807, 2.05) is 0 Å². The molecule has 10 rings (SSSR count). The Morgan fingerprint density at radius 1 is 0.405 bits per heavy atom. The van der Waals surface area contributed by atoms with Crippen LogP contribution in [0.5, 0.6) is 0 Å². The second-order valence-electron chi connectivity index (χ2n) is 27.0. The van der Waals surface area contributed by atoms with Crippen molar-refractivity contribution in [1.82, 2.24) is 0 Å². The van der Waals surface area contributed by atoms with Gasteiger partial charge in [0.2, 0.25) is 11.4 Å². The van der Waals surface area contributed by atoms with E-state index in [1.165, 1.54) is 167 Å². The molecule has 0 fully saturated rings. The van der Waals surface area contributed by atoms with E-state index in [0.717, 1.165) is 74.8 Å². The summed E-state index contributed by atoms with van der Waals surface area (Å²) >= 11 is 14.8. The Kier molecular flexibility index (Phi) is 19.4. The summed E-state index contributed by atoms with van der Waals surface area (Å²) in [7, 11) is 0. The van der Waals surface area contributed by atoms with Gasteiger partial charge in [0.05, 0.1) is 10.8 Å². The fourth-order valence-electron chi connectivity index (χ4n) is 14.9. The fraction of sp³-hybridized carbons (Fsp3) is 0.462. The van der Waals surface area contributed by atoms with E-state index in [0.29, 0.717) is 0 Å². The highest BCUT2D eigenvalue weighted by Crippen LogP contribution is 2.50. The topological polar surface area (TPSA) is 12.5 Å². The summed E-state index contributed by atoms with van der Waals surface area (Å²) in [5.74, 6) is 0. The maximum absolute atomic E-state index is 7.40. The lowest BCUT2D eigenvalue weighted by Gasteiger charge is -2.27. The zero-order chi connectivity index (χ0) is 59.2. The molecule has 0 saturated carbocycles. The minimum atomic E-state index is -0.0939. The van der Waals surface area contributed by atoms with Gasteiger partial charge in [-0.2, -0.15) is 9.15 Å². The summed E-state index contributed by atoms with van der Waals surface area (Å²) in [6, 6.07) is 36.1. The van der Waals surface area contributed by atoms with Gasteiger partial charge in [0.15, 0.2) is 11.4 Å². The average Bonchev–Trinajstić information content (AvgIpc) is 4.27. The molecule has 4 aliphatic heterocycles. The average molecular weight is 1160 g/mol. The highest BCUT2D eigenvalue weighted by Gasteiger charge is 2.46. The lowest BCUT2D eigenvalue weighted by molar-refractivity contribution is -0.438. The monoisotopic (exact) mass is 1160 g/mol. The smallest absolute Gasteiger partial charge is 0.209 e. The maximum Gasteiger partial charge on any atom is 0.209 e. The number of halogens is 2. The molecular formula is C78H98Cl2N4+2. The van der Waals surface area contributed by atoms with Crippen molar-refractivity contribution in [1.29, 1.82) is 0 Å². The highest BCUT2D eigenvalue weighted by atomic mass is 35.5. The Labute approximate surface area is 517 Å². The van der Waals surface area contributed by atoms with Gasteiger partial charge in [-0.25, -0.2) is 0 Å². The minimum absolute atomic E-state index is 0.0621. The Hall–Kier alpha value is -5.68. The summed E-state index contributed by atoms with van der Waals surface area (Å²) in [6.45, 7) is 27.8. The predicted octanol–water partition coefficient (Wildman–Crippen LogP) is 21.5. The molecule has 6 aliphatic rings. The van der Waals surface area contributed by atoms with E-state index >= 15 is 0 Å². The molecule has 0 unspecified atom stereocenters. The summed E-state index contributed by atoms with van der Waals surface area (Å²) in [5.41, 5.74) is 21.3. The van der Waals surface area contributed by atoms with Crippen LogP contribution in [0, 0.1) is 0 Å². The van der Waals surface area contributed by atoms with Crippen molar-refractivity contribution >= 4 is 57.4 Å². The van der Waals surface area contributed by atoms with Crippen LogP contribution >= 0.6 is 23.2 Å². The van der Waals surface area contributed by atoms with Crippen LogP contribution in [0.1, 0.15) is 207 Å². The number of nitrogens with zero attached hydrogens (tertiary/aromatic N) is 4. The van der Waals surface area contributed by atoms with E-state index in [9.17, 15) is 0 Å². The van der Waals surface area contributed by atoms with Crippen molar-refractivity contribution in [2.75, 3.05) is 36.0 Å². The maximum atomic E-state index is 7.40. The Morgan fingerprint density at radius 2 is 0.762 bits per heavy atom. The van der Waals surface area contributed by atoms with Crippen LogP contribution in [-0.2, 0) is 21.7 Å². The highest BCUT2D eigenvalue weighted by molar-refractivity contribution is 6.33. The molecule has 4 aromatic rings. The molecule has 4 heterocycles. The number of unbranched alkanes of at least 4 members (excludes halogenated alkanes) is 9. The van der Waals surface area contributed by atoms with Gasteiger partial charge in [-0.3, -0.25) is 0 Å². The number of allylic oxidation sites excluding steroid dienone is 16. The number of hydrogen-bond acceptors (Lipinski definition) is 2. The van der Waals surface area contributed by atoms with E-state index in [2.05, 4.69) is 234 Å². The van der Waals surface area contributed by atoms with E-state index in [4.69, 9.17) is 23.2 Å². The third kappa shape index (κ3) is 12.3. The second-order valence-corrected chi connectivity index (χ2v) is 27.8. The minimum Gasteiger partial charge on any atom is -0.344 e. The molecule has 4 nitrogen and oxygen atoms in total. The first-order valence-corrected chi connectivity index (χ1v) is 33.5. The molecule has 0 spiro atoms. The summed E-state index contributed by atoms with van der Waals surface area (Å²) in [4.78, 5) is 5.12. The van der Waals surface area contributed by atoms with Gasteiger partial charge in [0.25, 0.3) is 0 Å². The lowest BCUT2D eigenvalue weighted by atomic mass is 9.81. The molecule has 0 radical (unpaired) electrons. The zero-order valence-electron chi connectivity index (χ0n) is 53.0. The van der Waals surface area contributed by atoms with E-state index in [-0.39, 0.29) is 21.7 Å². The number of hydrogen-bond donors (Lipinski definition) is 0. The van der Waals surface area contributed by atoms with Gasteiger partial charge in [0.1, 0.15) is 13.1 Å². The molecule has 0 aromatic heterocycles. The standard InChI is InChI=1S/C78H98Cl2N4/c1-11-13-53-81-65-41-25-21-37-61(65)75(3,4)69(81)49-45-57-33-31-35-59(73(57)79)47-51-71-77(7,8)63-39-23-27-43-67(63)83(71)55-29-19-17-15-16-18-20-30-56-84-68-44-28-24-40-64(68)78(9,10)72(84)52-48-60-36-32-34-58(74(60)80)46-50-70-76(5,6)62-38-22-26-42-66(62)82(70)54-14-12-2/h21-28,37-52H,11-20,29-36,53-56H2,1-10H3/q+2. The van der Waals surface area contributed by atoms with Crippen LogP contribution in [0.25, 0.3) is 0 Å². The zero-order valence-corrected chi connectivity index (χ0v) is 54.5. The Morgan fingerprint density at radius 3 is 1.15 bits per heavy atom. The van der Waals surface area contributed by atoms with Gasteiger partial charge in [-0.15, -0.1) is 0 Å². The first kappa shape index (κ1) is 61.4. The molecule has 6 heteroatoms. The van der Waals surface area contributed by atoms with E-state index < -0.39 is 0 Å². The van der Waals surface area contributed by atoms with Crippen molar-refractivity contribution in [3.05, 3.63) is 212 Å². The van der Waals surface area contributed by atoms with Crippen LogP contribution < -0.4 is 9.80 Å². The lowest BCUT2D eigenvalue weighted by Crippen LogP contribution is -2.28.